The number of carbonyl (C=O) groups excluding carboxylic acids is 2. The molecule has 0 unspecified atom stereocenters. The van der Waals surface area contributed by atoms with Crippen molar-refractivity contribution in [2.24, 2.45) is 0 Å². The average Bonchev–Trinajstić information content (AvgIpc) is 3.49. The van der Waals surface area contributed by atoms with Crippen molar-refractivity contribution < 1.29 is 39.1 Å². The van der Waals surface area contributed by atoms with Gasteiger partial charge in [-0.2, -0.15) is 0 Å². The van der Waals surface area contributed by atoms with Gasteiger partial charge in [0.05, 0.1) is 36.0 Å². The molecule has 2 amide bonds. The van der Waals surface area contributed by atoms with E-state index in [0.29, 0.717) is 45.8 Å². The Balaban J connectivity index is 1.92. The number of hydrogen-bond donors (Lipinski definition) is 4. The van der Waals surface area contributed by atoms with Gasteiger partial charge in [0.15, 0.2) is 11.5 Å². The number of ether oxygens (including phenoxy) is 3. The maximum atomic E-state index is 13.7. The molecule has 1 aliphatic heterocycles. The highest BCUT2D eigenvalue weighted by Gasteiger charge is 2.41. The van der Waals surface area contributed by atoms with Gasteiger partial charge in [0.25, 0.3) is 0 Å². The summed E-state index contributed by atoms with van der Waals surface area (Å²) in [5, 5.41) is 33.2. The van der Waals surface area contributed by atoms with Gasteiger partial charge in [-0.25, -0.2) is 0 Å². The second-order valence-electron chi connectivity index (χ2n) is 10.6. The molecule has 1 aromatic carbocycles. The molecular formula is C30H45IN2O8. The SMILES string of the molecule is CCCCCCCC(=O)N(C[C@@H]1CCCO1)[C@@H]1CC(C(=O)NCCO)=C[C@H](Oc2c(I)cc(CO)cc2OC)[C@H]1O. The standard InChI is InChI=1S/C30H45IN2O8/c1-3-4-5-6-7-10-27(36)33(18-22-9-8-13-40-22)24-16-21(30(38)32-11-12-34)17-25(28(24)37)41-29-23(31)14-20(19-35)15-26(29)39-2/h14-15,17,22,24-25,28,34-35,37H,3-13,16,18-19H2,1-2H3,(H,32,38)/t22-,24+,25-,28-/m0/s1. The summed E-state index contributed by atoms with van der Waals surface area (Å²) >= 11 is 2.08. The van der Waals surface area contributed by atoms with Crippen LogP contribution in [0.3, 0.4) is 0 Å². The third-order valence-corrected chi connectivity index (χ3v) is 8.38. The van der Waals surface area contributed by atoms with Crippen LogP contribution in [-0.2, 0) is 20.9 Å². The van der Waals surface area contributed by atoms with E-state index in [1.165, 1.54) is 7.11 Å². The van der Waals surface area contributed by atoms with Crippen LogP contribution >= 0.6 is 22.6 Å². The highest BCUT2D eigenvalue weighted by molar-refractivity contribution is 14.1. The molecule has 3 rings (SSSR count). The van der Waals surface area contributed by atoms with Crippen LogP contribution in [0.4, 0.5) is 0 Å². The van der Waals surface area contributed by atoms with E-state index in [2.05, 4.69) is 34.8 Å². The van der Waals surface area contributed by atoms with Crippen LogP contribution < -0.4 is 14.8 Å². The van der Waals surface area contributed by atoms with Gasteiger partial charge in [-0.3, -0.25) is 9.59 Å². The summed E-state index contributed by atoms with van der Waals surface area (Å²) in [6, 6.07) is 2.71. The first-order valence-corrected chi connectivity index (χ1v) is 15.7. The van der Waals surface area contributed by atoms with Crippen LogP contribution in [-0.4, -0.2) is 89.8 Å². The summed E-state index contributed by atoms with van der Waals surface area (Å²) in [5.74, 6) is 0.297. The Morgan fingerprint density at radius 1 is 1.20 bits per heavy atom. The molecule has 11 heteroatoms. The van der Waals surface area contributed by atoms with Crippen LogP contribution in [0.5, 0.6) is 11.5 Å². The number of carbonyl (C=O) groups is 2. The Kier molecular flexibility index (Phi) is 14.1. The van der Waals surface area contributed by atoms with Crippen LogP contribution in [0.2, 0.25) is 0 Å². The molecule has 0 spiro atoms. The Morgan fingerprint density at radius 2 is 1.98 bits per heavy atom. The molecule has 1 heterocycles. The lowest BCUT2D eigenvalue weighted by Gasteiger charge is -2.41. The summed E-state index contributed by atoms with van der Waals surface area (Å²) in [7, 11) is 1.49. The highest BCUT2D eigenvalue weighted by Crippen LogP contribution is 2.37. The minimum atomic E-state index is -1.13. The topological polar surface area (TPSA) is 138 Å². The number of aliphatic hydroxyl groups is 3. The van der Waals surface area contributed by atoms with Crippen molar-refractivity contribution >= 4 is 34.4 Å². The number of methoxy groups -OCH3 is 1. The monoisotopic (exact) mass is 688 g/mol. The molecule has 4 atom stereocenters. The summed E-state index contributed by atoms with van der Waals surface area (Å²) in [6.07, 6.45) is 6.65. The van der Waals surface area contributed by atoms with Gasteiger partial charge in [-0.1, -0.05) is 32.6 Å². The predicted molar refractivity (Wildman–Crippen MR) is 163 cm³/mol. The van der Waals surface area contributed by atoms with E-state index in [1.807, 2.05) is 0 Å². The van der Waals surface area contributed by atoms with E-state index in [0.717, 1.165) is 44.9 Å². The summed E-state index contributed by atoms with van der Waals surface area (Å²) in [5.41, 5.74) is 1.01. The molecule has 2 aliphatic rings. The van der Waals surface area contributed by atoms with E-state index in [4.69, 9.17) is 14.2 Å². The van der Waals surface area contributed by atoms with Crippen molar-refractivity contribution in [2.75, 3.05) is 33.4 Å². The molecular weight excluding hydrogens is 643 g/mol. The average molecular weight is 689 g/mol. The lowest BCUT2D eigenvalue weighted by Crippen LogP contribution is -2.56. The van der Waals surface area contributed by atoms with Gasteiger partial charge in [-0.05, 0) is 65.6 Å². The van der Waals surface area contributed by atoms with Crippen molar-refractivity contribution in [2.45, 2.75) is 95.7 Å². The van der Waals surface area contributed by atoms with Crippen LogP contribution in [0.25, 0.3) is 0 Å². The zero-order chi connectivity index (χ0) is 29.8. The van der Waals surface area contributed by atoms with Crippen molar-refractivity contribution in [3.63, 3.8) is 0 Å². The quantitative estimate of drug-likeness (QED) is 0.154. The van der Waals surface area contributed by atoms with Crippen LogP contribution in [0.1, 0.15) is 70.3 Å². The molecule has 0 bridgehead atoms. The lowest BCUT2D eigenvalue weighted by atomic mass is 9.87. The number of benzene rings is 1. The van der Waals surface area contributed by atoms with Gasteiger partial charge in [0.2, 0.25) is 11.8 Å². The number of hydrogen-bond acceptors (Lipinski definition) is 8. The third-order valence-electron chi connectivity index (χ3n) is 7.58. The van der Waals surface area contributed by atoms with E-state index in [1.54, 1.807) is 23.1 Å². The van der Waals surface area contributed by atoms with Gasteiger partial charge >= 0.3 is 0 Å². The molecule has 1 aliphatic carbocycles. The fraction of sp³-hybridized carbons (Fsp3) is 0.667. The zero-order valence-corrected chi connectivity index (χ0v) is 26.3. The fourth-order valence-electron chi connectivity index (χ4n) is 5.35. The first-order chi connectivity index (χ1) is 19.8. The molecule has 0 radical (unpaired) electrons. The Hall–Kier alpha value is -1.93. The summed E-state index contributed by atoms with van der Waals surface area (Å²) < 4.78 is 18.4. The lowest BCUT2D eigenvalue weighted by molar-refractivity contribution is -0.141. The van der Waals surface area contributed by atoms with Crippen molar-refractivity contribution in [3.05, 3.63) is 32.9 Å². The van der Waals surface area contributed by atoms with Crippen molar-refractivity contribution in [3.8, 4) is 11.5 Å². The fourth-order valence-corrected chi connectivity index (χ4v) is 6.14. The first-order valence-electron chi connectivity index (χ1n) is 14.7. The molecule has 4 N–H and O–H groups in total. The third kappa shape index (κ3) is 9.54. The second-order valence-corrected chi connectivity index (χ2v) is 11.8. The largest absolute Gasteiger partial charge is 0.493 e. The number of aliphatic hydroxyl groups excluding tert-OH is 3. The van der Waals surface area contributed by atoms with Crippen LogP contribution in [0.15, 0.2) is 23.8 Å². The Morgan fingerprint density at radius 3 is 2.63 bits per heavy atom. The molecule has 1 saturated heterocycles. The summed E-state index contributed by atoms with van der Waals surface area (Å²) in [6.45, 7) is 2.82. The molecule has 230 valence electrons. The molecule has 1 fully saturated rings. The molecule has 0 aromatic heterocycles. The molecule has 41 heavy (non-hydrogen) atoms. The number of amides is 2. The zero-order valence-electron chi connectivity index (χ0n) is 24.1. The van der Waals surface area contributed by atoms with Gasteiger partial charge in [0, 0.05) is 38.1 Å². The van der Waals surface area contributed by atoms with Gasteiger partial charge in [0.1, 0.15) is 12.2 Å². The van der Waals surface area contributed by atoms with E-state index in [9.17, 15) is 24.9 Å². The molecule has 0 saturated carbocycles. The van der Waals surface area contributed by atoms with E-state index >= 15 is 0 Å². The number of rotatable bonds is 16. The van der Waals surface area contributed by atoms with E-state index < -0.39 is 18.2 Å². The Labute approximate surface area is 256 Å². The number of halogens is 1. The first kappa shape index (κ1) is 33.6. The maximum absolute atomic E-state index is 13.7. The van der Waals surface area contributed by atoms with Gasteiger partial charge < -0.3 is 39.7 Å². The normalized spacial score (nSPS) is 22.2. The van der Waals surface area contributed by atoms with Crippen molar-refractivity contribution in [1.29, 1.82) is 0 Å². The predicted octanol–water partition coefficient (Wildman–Crippen LogP) is 3.08. The maximum Gasteiger partial charge on any atom is 0.247 e. The number of unbranched alkanes of at least 4 members (excludes halogenated alkanes) is 4. The number of nitrogens with zero attached hydrogens (tertiary/aromatic N) is 1. The van der Waals surface area contributed by atoms with Crippen LogP contribution in [0, 0.1) is 3.57 Å². The minimum absolute atomic E-state index is 0.0729. The number of nitrogens with one attached hydrogen (secondary N) is 1. The van der Waals surface area contributed by atoms with E-state index in [-0.39, 0.29) is 44.1 Å². The minimum Gasteiger partial charge on any atom is -0.493 e. The molecule has 10 nitrogen and oxygen atoms in total. The van der Waals surface area contributed by atoms with Gasteiger partial charge in [-0.15, -0.1) is 0 Å². The highest BCUT2D eigenvalue weighted by atomic mass is 127. The smallest absolute Gasteiger partial charge is 0.247 e. The summed E-state index contributed by atoms with van der Waals surface area (Å²) in [4.78, 5) is 28.4. The second kappa shape index (κ2) is 17.3. The Bertz CT molecular complexity index is 1030. The van der Waals surface area contributed by atoms with Crippen molar-refractivity contribution in [1.82, 2.24) is 10.2 Å². The molecule has 1 aromatic rings.